The van der Waals surface area contributed by atoms with Crippen molar-refractivity contribution >= 4 is 0 Å². The van der Waals surface area contributed by atoms with E-state index >= 15 is 0 Å². The molecule has 0 bridgehead atoms. The summed E-state index contributed by atoms with van der Waals surface area (Å²) in [5, 5.41) is 0. The molecule has 1 heteroatoms. The number of nitrogens with two attached hydrogens (primary N) is 1. The summed E-state index contributed by atoms with van der Waals surface area (Å²) >= 11 is 0. The maximum Gasteiger partial charge on any atom is -0.00772 e. The van der Waals surface area contributed by atoms with E-state index in [4.69, 9.17) is 5.73 Å². The van der Waals surface area contributed by atoms with Gasteiger partial charge in [0.1, 0.15) is 0 Å². The molecule has 0 aliphatic heterocycles. The van der Waals surface area contributed by atoms with E-state index in [2.05, 4.69) is 12.2 Å². The summed E-state index contributed by atoms with van der Waals surface area (Å²) in [6.07, 6.45) is 7.84. The average molecular weight is 143 g/mol. The maximum atomic E-state index is 5.29. The summed E-state index contributed by atoms with van der Waals surface area (Å²) in [5.74, 6) is 0. The van der Waals surface area contributed by atoms with Crippen molar-refractivity contribution in [1.82, 2.24) is 0 Å². The van der Waals surface area contributed by atoms with Gasteiger partial charge in [-0.15, -0.1) is 0 Å². The molecule has 0 fully saturated rings. The van der Waals surface area contributed by atoms with E-state index in [9.17, 15) is 0 Å². The first-order valence-corrected chi connectivity index (χ1v) is 4.23. The average Bonchev–Trinajstić information content (AvgIpc) is 2.02. The standard InChI is InChI=1S/C7H15N.C2H6/c1-2-3-4-5-6-7-8;1-2/h2-3H,4-8H2,1H3;1-2H3/b3-2-;. The highest BCUT2D eigenvalue weighted by Crippen LogP contribution is 1.93. The smallest absolute Gasteiger partial charge is 0.00772 e. The fourth-order valence-electron chi connectivity index (χ4n) is 0.573. The predicted octanol–water partition coefficient (Wildman–Crippen LogP) is 2.72. The van der Waals surface area contributed by atoms with Crippen molar-refractivity contribution in [2.75, 3.05) is 6.54 Å². The second-order valence-corrected chi connectivity index (χ2v) is 1.85. The first-order chi connectivity index (χ1) is 4.91. The maximum absolute atomic E-state index is 5.29. The van der Waals surface area contributed by atoms with Gasteiger partial charge in [-0.05, 0) is 32.7 Å². The van der Waals surface area contributed by atoms with Crippen molar-refractivity contribution < 1.29 is 0 Å². The van der Waals surface area contributed by atoms with Gasteiger partial charge in [0.15, 0.2) is 0 Å². The molecule has 0 rings (SSSR count). The van der Waals surface area contributed by atoms with Crippen LogP contribution in [0.5, 0.6) is 0 Å². The minimum Gasteiger partial charge on any atom is -0.330 e. The molecule has 0 heterocycles. The van der Waals surface area contributed by atoms with Gasteiger partial charge < -0.3 is 5.73 Å². The van der Waals surface area contributed by atoms with Crippen LogP contribution >= 0.6 is 0 Å². The Hall–Kier alpha value is -0.300. The van der Waals surface area contributed by atoms with Gasteiger partial charge in [-0.2, -0.15) is 0 Å². The van der Waals surface area contributed by atoms with Crippen LogP contribution in [0.25, 0.3) is 0 Å². The van der Waals surface area contributed by atoms with Crippen molar-refractivity contribution in [3.05, 3.63) is 12.2 Å². The number of rotatable bonds is 4. The highest BCUT2D eigenvalue weighted by atomic mass is 14.5. The van der Waals surface area contributed by atoms with Crippen LogP contribution < -0.4 is 5.73 Å². The van der Waals surface area contributed by atoms with E-state index in [1.165, 1.54) is 12.8 Å². The quantitative estimate of drug-likeness (QED) is 0.475. The Labute approximate surface area is 65.3 Å². The Morgan fingerprint density at radius 2 is 1.80 bits per heavy atom. The SMILES string of the molecule is C/C=C\CCCCN.CC. The molecule has 0 atom stereocenters. The number of hydrogen-bond acceptors (Lipinski definition) is 1. The molecule has 0 aliphatic carbocycles. The third kappa shape index (κ3) is 15.6. The topological polar surface area (TPSA) is 26.0 Å². The van der Waals surface area contributed by atoms with Gasteiger partial charge >= 0.3 is 0 Å². The van der Waals surface area contributed by atoms with Gasteiger partial charge in [0, 0.05) is 0 Å². The van der Waals surface area contributed by atoms with Crippen LogP contribution in [0.15, 0.2) is 12.2 Å². The molecule has 2 N–H and O–H groups in total. The zero-order valence-corrected chi connectivity index (χ0v) is 7.56. The summed E-state index contributed by atoms with van der Waals surface area (Å²) in [5.41, 5.74) is 5.29. The molecule has 0 radical (unpaired) electrons. The van der Waals surface area contributed by atoms with Gasteiger partial charge in [-0.25, -0.2) is 0 Å². The van der Waals surface area contributed by atoms with Crippen LogP contribution in [0.2, 0.25) is 0 Å². The summed E-state index contributed by atoms with van der Waals surface area (Å²) in [4.78, 5) is 0. The van der Waals surface area contributed by atoms with Crippen LogP contribution in [0.1, 0.15) is 40.0 Å². The Bertz CT molecular complexity index is 57.7. The molecular weight excluding hydrogens is 122 g/mol. The molecule has 0 spiro atoms. The van der Waals surface area contributed by atoms with Crippen LogP contribution in [0.3, 0.4) is 0 Å². The molecule has 0 amide bonds. The summed E-state index contributed by atoms with van der Waals surface area (Å²) in [6.45, 7) is 6.88. The van der Waals surface area contributed by atoms with Crippen LogP contribution in [-0.4, -0.2) is 6.54 Å². The molecule has 62 valence electrons. The summed E-state index contributed by atoms with van der Waals surface area (Å²) in [7, 11) is 0. The number of allylic oxidation sites excluding steroid dienone is 2. The number of hydrogen-bond donors (Lipinski definition) is 1. The lowest BCUT2D eigenvalue weighted by Gasteiger charge is -1.89. The van der Waals surface area contributed by atoms with Crippen molar-refractivity contribution in [3.63, 3.8) is 0 Å². The van der Waals surface area contributed by atoms with Gasteiger partial charge in [-0.1, -0.05) is 26.0 Å². The minimum absolute atomic E-state index is 0.831. The molecule has 1 nitrogen and oxygen atoms in total. The molecule has 10 heavy (non-hydrogen) atoms. The highest BCUT2D eigenvalue weighted by Gasteiger charge is 1.78. The Morgan fingerprint density at radius 3 is 2.20 bits per heavy atom. The minimum atomic E-state index is 0.831. The fraction of sp³-hybridized carbons (Fsp3) is 0.778. The van der Waals surface area contributed by atoms with Crippen LogP contribution in [0.4, 0.5) is 0 Å². The van der Waals surface area contributed by atoms with Crippen molar-refractivity contribution in [3.8, 4) is 0 Å². The molecule has 0 unspecified atom stereocenters. The zero-order valence-electron chi connectivity index (χ0n) is 7.56. The lowest BCUT2D eigenvalue weighted by molar-refractivity contribution is 0.758. The Balaban J connectivity index is 0. The van der Waals surface area contributed by atoms with Crippen LogP contribution in [-0.2, 0) is 0 Å². The first-order valence-electron chi connectivity index (χ1n) is 4.23. The molecular formula is C9H21N. The number of unbranched alkanes of at least 4 members (excludes halogenated alkanes) is 2. The highest BCUT2D eigenvalue weighted by molar-refractivity contribution is 4.76. The van der Waals surface area contributed by atoms with Gasteiger partial charge in [0.25, 0.3) is 0 Å². The van der Waals surface area contributed by atoms with E-state index in [1.54, 1.807) is 0 Å². The van der Waals surface area contributed by atoms with Crippen molar-refractivity contribution in [2.45, 2.75) is 40.0 Å². The third-order valence-corrected chi connectivity index (χ3v) is 1.06. The molecule has 0 aromatic heterocycles. The van der Waals surface area contributed by atoms with Gasteiger partial charge in [0.05, 0.1) is 0 Å². The molecule has 0 aromatic carbocycles. The van der Waals surface area contributed by atoms with Crippen molar-refractivity contribution in [2.24, 2.45) is 5.73 Å². The van der Waals surface area contributed by atoms with Gasteiger partial charge in [0.2, 0.25) is 0 Å². The largest absolute Gasteiger partial charge is 0.330 e. The Kier molecular flexibility index (Phi) is 19.7. The zero-order chi connectivity index (χ0) is 8.24. The van der Waals surface area contributed by atoms with E-state index in [1.807, 2.05) is 20.8 Å². The predicted molar refractivity (Wildman–Crippen MR) is 49.1 cm³/mol. The molecule has 0 saturated heterocycles. The second kappa shape index (κ2) is 15.9. The fourth-order valence-corrected chi connectivity index (χ4v) is 0.573. The summed E-state index contributed by atoms with van der Waals surface area (Å²) < 4.78 is 0. The van der Waals surface area contributed by atoms with E-state index in [0.29, 0.717) is 0 Å². The normalized spacial score (nSPS) is 9.20. The summed E-state index contributed by atoms with van der Waals surface area (Å²) in [6, 6.07) is 0. The van der Waals surface area contributed by atoms with E-state index < -0.39 is 0 Å². The van der Waals surface area contributed by atoms with E-state index in [0.717, 1.165) is 13.0 Å². The van der Waals surface area contributed by atoms with Gasteiger partial charge in [-0.3, -0.25) is 0 Å². The van der Waals surface area contributed by atoms with Crippen LogP contribution in [0, 0.1) is 0 Å². The monoisotopic (exact) mass is 143 g/mol. The van der Waals surface area contributed by atoms with Crippen molar-refractivity contribution in [1.29, 1.82) is 0 Å². The molecule has 0 aromatic rings. The lowest BCUT2D eigenvalue weighted by atomic mass is 10.2. The molecule has 0 saturated carbocycles. The second-order valence-electron chi connectivity index (χ2n) is 1.85. The first kappa shape index (κ1) is 12.4. The third-order valence-electron chi connectivity index (χ3n) is 1.06. The Morgan fingerprint density at radius 1 is 1.20 bits per heavy atom. The molecule has 0 aliphatic rings. The lowest BCUT2D eigenvalue weighted by Crippen LogP contribution is -1.96. The van der Waals surface area contributed by atoms with E-state index in [-0.39, 0.29) is 0 Å².